The summed E-state index contributed by atoms with van der Waals surface area (Å²) < 4.78 is 6.08. The Morgan fingerprint density at radius 2 is 1.59 bits per heavy atom. The topological polar surface area (TPSA) is 87.7 Å². The molecule has 0 aliphatic heterocycles. The number of rotatable bonds is 11. The smallest absolute Gasteiger partial charge is 0.333 e. The van der Waals surface area contributed by atoms with E-state index in [1.54, 1.807) is 38.9 Å². The van der Waals surface area contributed by atoms with Gasteiger partial charge in [-0.2, -0.15) is 0 Å². The molecule has 208 valence electrons. The van der Waals surface area contributed by atoms with Gasteiger partial charge in [0.15, 0.2) is 0 Å². The molecule has 0 unspecified atom stereocenters. The van der Waals surface area contributed by atoms with E-state index in [1.807, 2.05) is 72.7 Å². The molecular weight excluding hydrogens is 534 g/mol. The van der Waals surface area contributed by atoms with Gasteiger partial charge in [0, 0.05) is 22.5 Å². The minimum atomic E-state index is -0.779. The lowest BCUT2D eigenvalue weighted by atomic mass is 9.76. The molecule has 0 heterocycles. The van der Waals surface area contributed by atoms with Crippen molar-refractivity contribution in [3.8, 4) is 0 Å². The molecule has 0 aliphatic rings. The normalized spacial score (nSPS) is 15.1. The van der Waals surface area contributed by atoms with E-state index < -0.39 is 28.9 Å². The summed E-state index contributed by atoms with van der Waals surface area (Å²) in [5.74, 6) is -0.835. The van der Waals surface area contributed by atoms with E-state index in [2.05, 4.69) is 26.6 Å². The number of esters is 1. The van der Waals surface area contributed by atoms with Crippen LogP contribution in [-0.4, -0.2) is 61.5 Å². The molecule has 0 saturated heterocycles. The van der Waals surface area contributed by atoms with E-state index >= 15 is 0 Å². The Bertz CT molecular complexity index is 964. The average Bonchev–Trinajstić information content (AvgIpc) is 2.79. The van der Waals surface area contributed by atoms with Gasteiger partial charge in [0.25, 0.3) is 0 Å². The number of nitrogens with one attached hydrogen (secondary N) is 2. The van der Waals surface area contributed by atoms with Gasteiger partial charge < -0.3 is 20.3 Å². The fraction of sp³-hybridized carbons (Fsp3) is 0.621. The largest absolute Gasteiger partial charge is 0.463 e. The molecule has 0 spiro atoms. The van der Waals surface area contributed by atoms with Crippen molar-refractivity contribution < 1.29 is 19.1 Å². The van der Waals surface area contributed by atoms with Gasteiger partial charge in [-0.3, -0.25) is 9.59 Å². The lowest BCUT2D eigenvalue weighted by Crippen LogP contribution is -2.61. The monoisotopic (exact) mass is 579 g/mol. The molecule has 0 aromatic heterocycles. The molecule has 2 N–H and O–H groups in total. The highest BCUT2D eigenvalue weighted by molar-refractivity contribution is 9.10. The van der Waals surface area contributed by atoms with Crippen molar-refractivity contribution in [1.82, 2.24) is 15.5 Å². The molecule has 0 radical (unpaired) electrons. The van der Waals surface area contributed by atoms with Crippen LogP contribution in [0.25, 0.3) is 0 Å². The average molecular weight is 581 g/mol. The van der Waals surface area contributed by atoms with Crippen LogP contribution in [-0.2, 0) is 24.5 Å². The third-order valence-corrected chi connectivity index (χ3v) is 7.29. The van der Waals surface area contributed by atoms with Crippen molar-refractivity contribution in [3.05, 3.63) is 46.0 Å². The number of carbonyl (C=O) groups is 3. The van der Waals surface area contributed by atoms with Gasteiger partial charge in [-0.15, -0.1) is 0 Å². The lowest BCUT2D eigenvalue weighted by Gasteiger charge is -2.40. The van der Waals surface area contributed by atoms with E-state index in [9.17, 15) is 14.4 Å². The summed E-state index contributed by atoms with van der Waals surface area (Å²) >= 11 is 3.46. The minimum absolute atomic E-state index is 0.0380. The summed E-state index contributed by atoms with van der Waals surface area (Å²) in [6, 6.07) is 6.19. The van der Waals surface area contributed by atoms with Crippen LogP contribution in [0.4, 0.5) is 0 Å². The van der Waals surface area contributed by atoms with Crippen molar-refractivity contribution in [2.75, 3.05) is 20.7 Å². The molecular formula is C29H46BrN3O4. The first kappa shape index (κ1) is 32.8. The van der Waals surface area contributed by atoms with Crippen molar-refractivity contribution >= 4 is 33.7 Å². The molecule has 1 aromatic carbocycles. The summed E-state index contributed by atoms with van der Waals surface area (Å²) in [7, 11) is 3.47. The molecule has 2 amide bonds. The standard InChI is InChI=1S/C29H46BrN3O4/c1-12-37-27(36)19(4)17-22(18(2)3)33(11)26(35)24(28(5,6)7)32-25(34)23(31-10)29(8,9)20-13-15-21(30)16-14-20/h13-18,22-24,31H,12H2,1-11H3,(H,32,34)/b19-17+/t22-,23+,24-/m1/s1. The van der Waals surface area contributed by atoms with Gasteiger partial charge in [0.05, 0.1) is 18.7 Å². The third kappa shape index (κ3) is 8.67. The van der Waals surface area contributed by atoms with Gasteiger partial charge in [-0.05, 0) is 49.9 Å². The molecule has 0 bridgehead atoms. The number of benzene rings is 1. The van der Waals surface area contributed by atoms with Gasteiger partial charge >= 0.3 is 5.97 Å². The number of ether oxygens (including phenoxy) is 1. The fourth-order valence-electron chi connectivity index (χ4n) is 4.41. The molecule has 37 heavy (non-hydrogen) atoms. The highest BCUT2D eigenvalue weighted by Gasteiger charge is 2.41. The molecule has 0 fully saturated rings. The zero-order valence-electron chi connectivity index (χ0n) is 24.4. The second kappa shape index (κ2) is 13.6. The molecule has 0 saturated carbocycles. The highest BCUT2D eigenvalue weighted by Crippen LogP contribution is 2.30. The van der Waals surface area contributed by atoms with E-state index in [0.29, 0.717) is 5.57 Å². The van der Waals surface area contributed by atoms with Crippen LogP contribution in [0.15, 0.2) is 40.4 Å². The first-order valence-corrected chi connectivity index (χ1v) is 13.6. The maximum Gasteiger partial charge on any atom is 0.333 e. The van der Waals surface area contributed by atoms with Crippen LogP contribution in [0, 0.1) is 11.3 Å². The van der Waals surface area contributed by atoms with Gasteiger partial charge in [0.2, 0.25) is 11.8 Å². The zero-order chi connectivity index (χ0) is 28.7. The van der Waals surface area contributed by atoms with E-state index in [4.69, 9.17) is 4.74 Å². The van der Waals surface area contributed by atoms with Crippen LogP contribution in [0.2, 0.25) is 0 Å². The second-order valence-corrected chi connectivity index (χ2v) is 12.4. The van der Waals surface area contributed by atoms with E-state index in [0.717, 1.165) is 10.0 Å². The van der Waals surface area contributed by atoms with Crippen molar-refractivity contribution in [1.29, 1.82) is 0 Å². The summed E-state index contributed by atoms with van der Waals surface area (Å²) in [6.07, 6.45) is 1.77. The van der Waals surface area contributed by atoms with Crippen molar-refractivity contribution in [2.45, 2.75) is 85.9 Å². The van der Waals surface area contributed by atoms with Crippen LogP contribution < -0.4 is 10.6 Å². The maximum absolute atomic E-state index is 13.9. The fourth-order valence-corrected chi connectivity index (χ4v) is 4.68. The van der Waals surface area contributed by atoms with Gasteiger partial charge in [-0.25, -0.2) is 4.79 Å². The third-order valence-electron chi connectivity index (χ3n) is 6.76. The summed E-state index contributed by atoms with van der Waals surface area (Å²) in [6.45, 7) is 17.5. The minimum Gasteiger partial charge on any atom is -0.463 e. The Morgan fingerprint density at radius 3 is 2.03 bits per heavy atom. The van der Waals surface area contributed by atoms with Crippen molar-refractivity contribution in [2.24, 2.45) is 11.3 Å². The number of hydrogen-bond donors (Lipinski definition) is 2. The maximum atomic E-state index is 13.9. The Hall–Kier alpha value is -2.19. The van der Waals surface area contributed by atoms with Crippen LogP contribution >= 0.6 is 15.9 Å². The number of hydrogen-bond acceptors (Lipinski definition) is 5. The van der Waals surface area contributed by atoms with Crippen LogP contribution in [0.5, 0.6) is 0 Å². The molecule has 1 aromatic rings. The Balaban J connectivity index is 3.30. The van der Waals surface area contributed by atoms with E-state index in [-0.39, 0.29) is 30.4 Å². The molecule has 7 nitrogen and oxygen atoms in total. The summed E-state index contributed by atoms with van der Waals surface area (Å²) in [5.41, 5.74) is 0.350. The number of halogens is 1. The first-order chi connectivity index (χ1) is 17.0. The van der Waals surface area contributed by atoms with E-state index in [1.165, 1.54) is 0 Å². The predicted molar refractivity (Wildman–Crippen MR) is 153 cm³/mol. The van der Waals surface area contributed by atoms with Gasteiger partial charge in [-0.1, -0.05) is 82.6 Å². The highest BCUT2D eigenvalue weighted by atomic mass is 79.9. The number of nitrogens with zero attached hydrogens (tertiary/aromatic N) is 1. The molecule has 3 atom stereocenters. The van der Waals surface area contributed by atoms with Crippen LogP contribution in [0.3, 0.4) is 0 Å². The zero-order valence-corrected chi connectivity index (χ0v) is 25.9. The molecule has 8 heteroatoms. The number of amides is 2. The Morgan fingerprint density at radius 1 is 1.05 bits per heavy atom. The lowest BCUT2D eigenvalue weighted by molar-refractivity contribution is -0.141. The SMILES string of the molecule is CCOC(=O)/C(C)=C/[C@H](C(C)C)N(C)C(=O)[C@@H](NC(=O)[C@H](NC)C(C)(C)c1ccc(Br)cc1)C(C)(C)C. The van der Waals surface area contributed by atoms with Crippen molar-refractivity contribution in [3.63, 3.8) is 0 Å². The Kier molecular flexibility index (Phi) is 12.0. The number of carbonyl (C=O) groups excluding carboxylic acids is 3. The molecule has 0 aliphatic carbocycles. The van der Waals surface area contributed by atoms with Crippen LogP contribution in [0.1, 0.15) is 67.9 Å². The van der Waals surface area contributed by atoms with Gasteiger partial charge in [0.1, 0.15) is 6.04 Å². The quantitative estimate of drug-likeness (QED) is 0.289. The number of likely N-dealkylation sites (N-methyl/N-ethyl adjacent to an activating group) is 2. The summed E-state index contributed by atoms with van der Waals surface area (Å²) in [4.78, 5) is 41.3. The predicted octanol–water partition coefficient (Wildman–Crippen LogP) is 4.84. The summed E-state index contributed by atoms with van der Waals surface area (Å²) in [5, 5.41) is 6.21. The second-order valence-electron chi connectivity index (χ2n) is 11.5. The first-order valence-electron chi connectivity index (χ1n) is 12.8. The molecule has 1 rings (SSSR count). The Labute approximate surface area is 231 Å².